The smallest absolute Gasteiger partial charge is 0.280 e. The summed E-state index contributed by atoms with van der Waals surface area (Å²) in [5.74, 6) is -0.838. The minimum Gasteiger partial charge on any atom is -0.339 e. The first kappa shape index (κ1) is 15.3. The maximum Gasteiger partial charge on any atom is 0.280 e. The van der Waals surface area contributed by atoms with Crippen LogP contribution in [-0.4, -0.2) is 34.3 Å². The third kappa shape index (κ3) is 3.53. The van der Waals surface area contributed by atoms with Crippen LogP contribution in [-0.2, 0) is 9.59 Å². The molecule has 0 radical (unpaired) electrons. The third-order valence-electron chi connectivity index (χ3n) is 3.40. The molecule has 1 aliphatic heterocycles. The molecule has 5 nitrogen and oxygen atoms in total. The van der Waals surface area contributed by atoms with Crippen molar-refractivity contribution in [2.24, 2.45) is 5.92 Å². The predicted molar refractivity (Wildman–Crippen MR) is 72.8 cm³/mol. The maximum atomic E-state index is 12.6. The number of hydrogen-bond donors (Lipinski definition) is 1. The van der Waals surface area contributed by atoms with Gasteiger partial charge in [-0.3, -0.25) is 9.59 Å². The zero-order valence-electron chi connectivity index (χ0n) is 11.8. The largest absolute Gasteiger partial charge is 0.339 e. The molecule has 114 valence electrons. The highest BCUT2D eigenvalue weighted by Gasteiger charge is 2.35. The number of amides is 2. The Morgan fingerprint density at radius 3 is 2.71 bits per heavy atom. The van der Waals surface area contributed by atoms with Crippen molar-refractivity contribution in [3.63, 3.8) is 0 Å². The number of alkyl halides is 2. The van der Waals surface area contributed by atoms with Crippen LogP contribution >= 0.6 is 0 Å². The highest BCUT2D eigenvalue weighted by atomic mass is 19.3. The molecule has 1 aromatic rings. The Morgan fingerprint density at radius 2 is 2.14 bits per heavy atom. The van der Waals surface area contributed by atoms with Crippen LogP contribution in [0.5, 0.6) is 0 Å². The fraction of sp³-hybridized carbons (Fsp3) is 0.500. The van der Waals surface area contributed by atoms with Gasteiger partial charge in [-0.15, -0.1) is 0 Å². The van der Waals surface area contributed by atoms with E-state index in [0.29, 0.717) is 6.54 Å². The van der Waals surface area contributed by atoms with E-state index in [0.717, 1.165) is 0 Å². The second-order valence-corrected chi connectivity index (χ2v) is 5.28. The molecule has 0 bridgehead atoms. The Hall–Kier alpha value is -2.05. The predicted octanol–water partition coefficient (Wildman–Crippen LogP) is 2.21. The van der Waals surface area contributed by atoms with Crippen molar-refractivity contribution in [3.05, 3.63) is 23.9 Å². The Labute approximate surface area is 121 Å². The number of aromatic nitrogens is 1. The Bertz CT molecular complexity index is 549. The molecule has 1 fully saturated rings. The van der Waals surface area contributed by atoms with Gasteiger partial charge in [-0.2, -0.15) is 0 Å². The molecule has 7 heteroatoms. The third-order valence-corrected chi connectivity index (χ3v) is 3.40. The van der Waals surface area contributed by atoms with Crippen molar-refractivity contribution in [1.82, 2.24) is 9.88 Å². The molecule has 1 aromatic heterocycles. The molecular formula is C14H17F2N3O2. The van der Waals surface area contributed by atoms with Gasteiger partial charge in [0, 0.05) is 19.0 Å². The minimum absolute atomic E-state index is 0.0376. The van der Waals surface area contributed by atoms with Crippen LogP contribution in [0.15, 0.2) is 18.2 Å². The lowest BCUT2D eigenvalue weighted by Crippen LogP contribution is -2.33. The Morgan fingerprint density at radius 1 is 1.43 bits per heavy atom. The van der Waals surface area contributed by atoms with Crippen LogP contribution in [0.3, 0.4) is 0 Å². The van der Waals surface area contributed by atoms with Gasteiger partial charge in [0.15, 0.2) is 0 Å². The summed E-state index contributed by atoms with van der Waals surface area (Å²) in [7, 11) is 0. The monoisotopic (exact) mass is 297 g/mol. The van der Waals surface area contributed by atoms with Crippen LogP contribution in [0.2, 0.25) is 0 Å². The highest BCUT2D eigenvalue weighted by Crippen LogP contribution is 2.22. The summed E-state index contributed by atoms with van der Waals surface area (Å²) in [6, 6.07) is 4.08. The molecule has 2 rings (SSSR count). The van der Waals surface area contributed by atoms with Crippen molar-refractivity contribution in [3.8, 4) is 0 Å². The summed E-state index contributed by atoms with van der Waals surface area (Å²) in [5, 5.41) is 2.50. The molecule has 0 spiro atoms. The van der Waals surface area contributed by atoms with E-state index in [9.17, 15) is 18.4 Å². The van der Waals surface area contributed by atoms with Gasteiger partial charge in [0.1, 0.15) is 11.5 Å². The van der Waals surface area contributed by atoms with Crippen LogP contribution in [0, 0.1) is 5.92 Å². The number of nitrogens with zero attached hydrogens (tertiary/aromatic N) is 2. The molecule has 1 atom stereocenters. The summed E-state index contributed by atoms with van der Waals surface area (Å²) in [5.41, 5.74) is -0.390. The lowest BCUT2D eigenvalue weighted by atomic mass is 10.1. The van der Waals surface area contributed by atoms with E-state index in [4.69, 9.17) is 0 Å². The van der Waals surface area contributed by atoms with Gasteiger partial charge in [-0.1, -0.05) is 6.07 Å². The second-order valence-electron chi connectivity index (χ2n) is 5.28. The first-order chi connectivity index (χ1) is 9.88. The number of carbonyl (C=O) groups excluding carboxylic acids is 2. The average Bonchev–Trinajstić information content (AvgIpc) is 2.81. The summed E-state index contributed by atoms with van der Waals surface area (Å²) >= 11 is 0. The van der Waals surface area contributed by atoms with Gasteiger partial charge in [0.2, 0.25) is 11.8 Å². The molecule has 21 heavy (non-hydrogen) atoms. The first-order valence-electron chi connectivity index (χ1n) is 6.74. The SMILES string of the molecule is CC(C)N1CC(C(=O)Nc2cccc(C(F)F)n2)CC1=O. The molecule has 1 unspecified atom stereocenters. The zero-order chi connectivity index (χ0) is 15.6. The summed E-state index contributed by atoms with van der Waals surface area (Å²) in [4.78, 5) is 29.2. The number of rotatable bonds is 4. The van der Waals surface area contributed by atoms with Crippen LogP contribution < -0.4 is 5.32 Å². The molecule has 1 saturated heterocycles. The molecule has 1 N–H and O–H groups in total. The number of pyridine rings is 1. The van der Waals surface area contributed by atoms with E-state index in [-0.39, 0.29) is 35.8 Å². The zero-order valence-corrected chi connectivity index (χ0v) is 11.8. The molecule has 0 aromatic carbocycles. The Balaban J connectivity index is 2.02. The number of anilines is 1. The van der Waals surface area contributed by atoms with Crippen molar-refractivity contribution in [1.29, 1.82) is 0 Å². The fourth-order valence-corrected chi connectivity index (χ4v) is 2.28. The first-order valence-corrected chi connectivity index (χ1v) is 6.74. The molecule has 0 aliphatic carbocycles. The van der Waals surface area contributed by atoms with Crippen molar-refractivity contribution in [2.45, 2.75) is 32.7 Å². The van der Waals surface area contributed by atoms with Crippen LogP contribution in [0.1, 0.15) is 32.4 Å². The summed E-state index contributed by atoms with van der Waals surface area (Å²) in [6.45, 7) is 4.11. The number of hydrogen-bond acceptors (Lipinski definition) is 3. The Kier molecular flexibility index (Phi) is 4.50. The van der Waals surface area contributed by atoms with Gasteiger partial charge in [0.25, 0.3) is 6.43 Å². The lowest BCUT2D eigenvalue weighted by Gasteiger charge is -2.20. The van der Waals surface area contributed by atoms with E-state index < -0.39 is 12.3 Å². The number of halogens is 2. The maximum absolute atomic E-state index is 12.6. The molecule has 1 aliphatic rings. The molecular weight excluding hydrogens is 280 g/mol. The van der Waals surface area contributed by atoms with E-state index in [2.05, 4.69) is 10.3 Å². The second kappa shape index (κ2) is 6.15. The molecule has 0 saturated carbocycles. The topological polar surface area (TPSA) is 62.3 Å². The van der Waals surface area contributed by atoms with Gasteiger partial charge in [0.05, 0.1) is 5.92 Å². The minimum atomic E-state index is -2.69. The van der Waals surface area contributed by atoms with Crippen molar-refractivity contribution < 1.29 is 18.4 Å². The van der Waals surface area contributed by atoms with E-state index in [1.807, 2.05) is 13.8 Å². The number of likely N-dealkylation sites (tertiary alicyclic amines) is 1. The normalized spacial score (nSPS) is 18.7. The average molecular weight is 297 g/mol. The molecule has 2 amide bonds. The van der Waals surface area contributed by atoms with Crippen molar-refractivity contribution in [2.75, 3.05) is 11.9 Å². The number of nitrogens with one attached hydrogen (secondary N) is 1. The number of carbonyl (C=O) groups is 2. The molecule has 2 heterocycles. The van der Waals surface area contributed by atoms with Crippen molar-refractivity contribution >= 4 is 17.6 Å². The quantitative estimate of drug-likeness (QED) is 0.927. The summed E-state index contributed by atoms with van der Waals surface area (Å²) < 4.78 is 25.1. The van der Waals surface area contributed by atoms with Gasteiger partial charge >= 0.3 is 0 Å². The summed E-state index contributed by atoms with van der Waals surface area (Å²) in [6.07, 6.45) is -2.55. The van der Waals surface area contributed by atoms with E-state index in [1.54, 1.807) is 4.90 Å². The standard InChI is InChI=1S/C14H17F2N3O2/c1-8(2)19-7-9(6-12(19)20)14(21)18-11-5-3-4-10(17-11)13(15)16/h3-5,8-9,13H,6-7H2,1-2H3,(H,17,18,21). The van der Waals surface area contributed by atoms with Gasteiger partial charge in [-0.25, -0.2) is 13.8 Å². The fourth-order valence-electron chi connectivity index (χ4n) is 2.28. The highest BCUT2D eigenvalue weighted by molar-refractivity contribution is 5.96. The van der Waals surface area contributed by atoms with Gasteiger partial charge in [-0.05, 0) is 26.0 Å². The van der Waals surface area contributed by atoms with E-state index in [1.165, 1.54) is 18.2 Å². The van der Waals surface area contributed by atoms with E-state index >= 15 is 0 Å². The van der Waals surface area contributed by atoms with Crippen LogP contribution in [0.4, 0.5) is 14.6 Å². The lowest BCUT2D eigenvalue weighted by molar-refractivity contribution is -0.129. The van der Waals surface area contributed by atoms with Gasteiger partial charge < -0.3 is 10.2 Å². The van der Waals surface area contributed by atoms with Crippen LogP contribution in [0.25, 0.3) is 0 Å².